The number of nitrogens with one attached hydrogen (secondary N) is 1. The van der Waals surface area contributed by atoms with Gasteiger partial charge in [-0.25, -0.2) is 0 Å². The molecule has 0 aromatic carbocycles. The summed E-state index contributed by atoms with van der Waals surface area (Å²) >= 11 is 0. The lowest BCUT2D eigenvalue weighted by Gasteiger charge is -2.33. The van der Waals surface area contributed by atoms with E-state index in [4.69, 9.17) is 0 Å². The molecule has 0 atom stereocenters. The van der Waals surface area contributed by atoms with Crippen LogP contribution in [0.1, 0.15) is 17.0 Å². The average Bonchev–Trinajstić information content (AvgIpc) is 2.26. The Morgan fingerprint density at radius 3 is 2.92 bits per heavy atom. The first kappa shape index (κ1) is 7.87. The molecule has 0 bridgehead atoms. The third-order valence-corrected chi connectivity index (χ3v) is 2.70. The minimum Gasteiger partial charge on any atom is -0.358 e. The maximum absolute atomic E-state index is 3.44. The van der Waals surface area contributed by atoms with Crippen molar-refractivity contribution in [3.8, 4) is 0 Å². The van der Waals surface area contributed by atoms with Crippen molar-refractivity contribution >= 4 is 0 Å². The van der Waals surface area contributed by atoms with E-state index >= 15 is 0 Å². The summed E-state index contributed by atoms with van der Waals surface area (Å²) in [6.45, 7) is 4.56. The maximum atomic E-state index is 3.44. The predicted molar refractivity (Wildman–Crippen MR) is 49.9 cm³/mol. The van der Waals surface area contributed by atoms with Crippen molar-refractivity contribution in [2.24, 2.45) is 0 Å². The highest BCUT2D eigenvalue weighted by atomic mass is 15.3. The van der Waals surface area contributed by atoms with E-state index in [9.17, 15) is 0 Å². The topological polar surface area (TPSA) is 15.8 Å². The fourth-order valence-electron chi connectivity index (χ4n) is 2.00. The zero-order chi connectivity index (χ0) is 8.77. The first-order valence-corrected chi connectivity index (χ1v) is 4.56. The van der Waals surface area contributed by atoms with Crippen molar-refractivity contribution in [3.05, 3.63) is 23.0 Å². The molecule has 1 aromatic rings. The summed E-state index contributed by atoms with van der Waals surface area (Å²) in [5, 5.41) is 0. The van der Waals surface area contributed by atoms with Crippen LogP contribution in [-0.4, -0.2) is 30.1 Å². The molecule has 2 heteroatoms. The van der Waals surface area contributed by atoms with E-state index in [1.807, 2.05) is 0 Å². The minimum absolute atomic E-state index is 1.12. The molecule has 1 aliphatic heterocycles. The maximum Gasteiger partial charge on any atom is 0.119 e. The molecule has 0 saturated carbocycles. The number of aromatic amines is 1. The zero-order valence-corrected chi connectivity index (χ0v) is 8.15. The van der Waals surface area contributed by atoms with E-state index in [0.717, 1.165) is 11.0 Å². The number of H-pyrrole nitrogens is 1. The summed E-state index contributed by atoms with van der Waals surface area (Å²) in [6, 6.07) is 2.29. The predicted octanol–water partition coefficient (Wildman–Crippen LogP) is 1.46. The molecular formula is C10H17N2+. The first-order chi connectivity index (χ1) is 5.57. The molecule has 12 heavy (non-hydrogen) atoms. The highest BCUT2D eigenvalue weighted by molar-refractivity contribution is 5.26. The largest absolute Gasteiger partial charge is 0.358 e. The lowest BCUT2D eigenvalue weighted by Crippen LogP contribution is -2.43. The molecule has 0 saturated heterocycles. The van der Waals surface area contributed by atoms with Crippen LogP contribution >= 0.6 is 0 Å². The number of fused-ring (bicyclic) bond motifs is 1. The highest BCUT2D eigenvalue weighted by Crippen LogP contribution is 2.21. The molecule has 0 unspecified atom stereocenters. The lowest BCUT2D eigenvalue weighted by molar-refractivity contribution is -0.905. The van der Waals surface area contributed by atoms with Crippen LogP contribution in [0.15, 0.2) is 6.07 Å². The number of aryl methyl sites for hydroxylation is 1. The van der Waals surface area contributed by atoms with Gasteiger partial charge in [0.1, 0.15) is 6.54 Å². The molecule has 0 amide bonds. The van der Waals surface area contributed by atoms with Crippen LogP contribution in [0, 0.1) is 6.92 Å². The normalized spacial score (nSPS) is 20.6. The lowest BCUT2D eigenvalue weighted by atomic mass is 10.1. The fourth-order valence-corrected chi connectivity index (χ4v) is 2.00. The number of hydrogen-bond acceptors (Lipinski definition) is 0. The van der Waals surface area contributed by atoms with E-state index in [2.05, 4.69) is 32.1 Å². The van der Waals surface area contributed by atoms with E-state index in [0.29, 0.717) is 0 Å². The van der Waals surface area contributed by atoms with Gasteiger partial charge in [-0.15, -0.1) is 0 Å². The van der Waals surface area contributed by atoms with Gasteiger partial charge in [0.25, 0.3) is 0 Å². The first-order valence-electron chi connectivity index (χ1n) is 4.56. The van der Waals surface area contributed by atoms with Crippen LogP contribution in [0.2, 0.25) is 0 Å². The van der Waals surface area contributed by atoms with Crippen molar-refractivity contribution in [2.75, 3.05) is 20.6 Å². The Morgan fingerprint density at radius 1 is 1.42 bits per heavy atom. The van der Waals surface area contributed by atoms with Crippen molar-refractivity contribution in [1.82, 2.24) is 4.98 Å². The molecule has 0 radical (unpaired) electrons. The molecule has 66 valence electrons. The number of likely N-dealkylation sites (N-methyl/N-ethyl adjacent to an activating group) is 1. The SMILES string of the molecule is Cc1cc2c([nH]1)C[N+](C)(C)CC2. The van der Waals surface area contributed by atoms with E-state index in [-0.39, 0.29) is 0 Å². The number of nitrogens with zero attached hydrogens (tertiary/aromatic N) is 1. The second-order valence-electron chi connectivity index (χ2n) is 4.52. The van der Waals surface area contributed by atoms with Crippen LogP contribution in [0.5, 0.6) is 0 Å². The van der Waals surface area contributed by atoms with Crippen LogP contribution in [0.25, 0.3) is 0 Å². The highest BCUT2D eigenvalue weighted by Gasteiger charge is 2.24. The minimum atomic E-state index is 1.12. The third-order valence-electron chi connectivity index (χ3n) is 2.70. The van der Waals surface area contributed by atoms with Gasteiger partial charge in [-0.1, -0.05) is 0 Å². The summed E-state index contributed by atoms with van der Waals surface area (Å²) in [4.78, 5) is 3.44. The molecular weight excluding hydrogens is 148 g/mol. The van der Waals surface area contributed by atoms with Gasteiger partial charge in [-0.3, -0.25) is 0 Å². The molecule has 1 N–H and O–H groups in total. The van der Waals surface area contributed by atoms with Crippen molar-refractivity contribution in [3.63, 3.8) is 0 Å². The Kier molecular flexibility index (Phi) is 1.55. The van der Waals surface area contributed by atoms with E-state index in [1.165, 1.54) is 29.9 Å². The van der Waals surface area contributed by atoms with Gasteiger partial charge in [0.15, 0.2) is 0 Å². The smallest absolute Gasteiger partial charge is 0.119 e. The van der Waals surface area contributed by atoms with Crippen molar-refractivity contribution in [2.45, 2.75) is 19.9 Å². The second kappa shape index (κ2) is 2.36. The number of hydrogen-bond donors (Lipinski definition) is 1. The monoisotopic (exact) mass is 165 g/mol. The second-order valence-corrected chi connectivity index (χ2v) is 4.52. The Labute approximate surface area is 73.8 Å². The molecule has 1 aromatic heterocycles. The number of aromatic nitrogens is 1. The number of quaternary nitrogens is 1. The average molecular weight is 165 g/mol. The summed E-state index contributed by atoms with van der Waals surface area (Å²) in [6.07, 6.45) is 1.23. The van der Waals surface area contributed by atoms with Gasteiger partial charge in [0, 0.05) is 12.1 Å². The van der Waals surface area contributed by atoms with E-state index < -0.39 is 0 Å². The Bertz CT molecular complexity index is 297. The van der Waals surface area contributed by atoms with Gasteiger partial charge < -0.3 is 9.47 Å². The van der Waals surface area contributed by atoms with E-state index in [1.54, 1.807) is 0 Å². The summed E-state index contributed by atoms with van der Waals surface area (Å²) in [7, 11) is 4.58. The summed E-state index contributed by atoms with van der Waals surface area (Å²) in [5.74, 6) is 0. The van der Waals surface area contributed by atoms with Crippen LogP contribution < -0.4 is 0 Å². The standard InChI is InChI=1S/C10H17N2/c1-8-6-9-4-5-12(2,3)7-10(9)11-8/h6,11H,4-5,7H2,1-3H3/q+1. The van der Waals surface area contributed by atoms with Gasteiger partial charge in [-0.05, 0) is 18.6 Å². The molecule has 0 aliphatic carbocycles. The molecule has 0 spiro atoms. The molecule has 1 aliphatic rings. The molecule has 2 rings (SSSR count). The molecule has 0 fully saturated rings. The van der Waals surface area contributed by atoms with Crippen LogP contribution in [0.3, 0.4) is 0 Å². The molecule has 2 nitrogen and oxygen atoms in total. The zero-order valence-electron chi connectivity index (χ0n) is 8.15. The Balaban J connectivity index is 2.34. The van der Waals surface area contributed by atoms with Gasteiger partial charge in [0.2, 0.25) is 0 Å². The summed E-state index contributed by atoms with van der Waals surface area (Å²) < 4.78 is 1.12. The summed E-state index contributed by atoms with van der Waals surface area (Å²) in [5.41, 5.74) is 4.29. The van der Waals surface area contributed by atoms with Gasteiger partial charge in [0.05, 0.1) is 26.3 Å². The number of rotatable bonds is 0. The van der Waals surface area contributed by atoms with Gasteiger partial charge in [-0.2, -0.15) is 0 Å². The Hall–Kier alpha value is -0.760. The third kappa shape index (κ3) is 1.27. The van der Waals surface area contributed by atoms with Crippen LogP contribution in [0.4, 0.5) is 0 Å². The van der Waals surface area contributed by atoms with Crippen molar-refractivity contribution < 1.29 is 4.48 Å². The molecule has 2 heterocycles. The van der Waals surface area contributed by atoms with Crippen molar-refractivity contribution in [1.29, 1.82) is 0 Å². The fraction of sp³-hybridized carbons (Fsp3) is 0.600. The van der Waals surface area contributed by atoms with Gasteiger partial charge >= 0.3 is 0 Å². The van der Waals surface area contributed by atoms with Crippen LogP contribution in [-0.2, 0) is 13.0 Å². The quantitative estimate of drug-likeness (QED) is 0.560. The Morgan fingerprint density at radius 2 is 2.17 bits per heavy atom.